The molecule has 0 N–H and O–H groups in total. The number of fused-ring (bicyclic) bond motifs is 1. The molecular formula is C14H20N2. The first-order chi connectivity index (χ1) is 7.68. The van der Waals surface area contributed by atoms with Crippen LogP contribution >= 0.6 is 0 Å². The Morgan fingerprint density at radius 2 is 2.06 bits per heavy atom. The van der Waals surface area contributed by atoms with E-state index in [0.29, 0.717) is 0 Å². The fourth-order valence-electron chi connectivity index (χ4n) is 3.28. The van der Waals surface area contributed by atoms with E-state index in [2.05, 4.69) is 35.9 Å². The molecule has 2 aliphatic rings. The summed E-state index contributed by atoms with van der Waals surface area (Å²) >= 11 is 0. The van der Waals surface area contributed by atoms with Crippen molar-refractivity contribution in [3.8, 4) is 0 Å². The van der Waals surface area contributed by atoms with E-state index in [9.17, 15) is 0 Å². The van der Waals surface area contributed by atoms with Crippen molar-refractivity contribution in [1.29, 1.82) is 0 Å². The highest BCUT2D eigenvalue weighted by molar-refractivity contribution is 5.59. The van der Waals surface area contributed by atoms with Crippen molar-refractivity contribution >= 4 is 5.69 Å². The third-order valence-electron chi connectivity index (χ3n) is 4.07. The van der Waals surface area contributed by atoms with Crippen molar-refractivity contribution in [2.75, 3.05) is 11.4 Å². The highest BCUT2D eigenvalue weighted by atomic mass is 15.2. The second kappa shape index (κ2) is 3.47. The smallest absolute Gasteiger partial charge is 0.0710 e. The summed E-state index contributed by atoms with van der Waals surface area (Å²) in [7, 11) is 0. The lowest BCUT2D eigenvalue weighted by Gasteiger charge is -2.28. The van der Waals surface area contributed by atoms with E-state index in [4.69, 9.17) is 0 Å². The predicted molar refractivity (Wildman–Crippen MR) is 66.9 cm³/mol. The van der Waals surface area contributed by atoms with Crippen LogP contribution < -0.4 is 4.90 Å². The van der Waals surface area contributed by atoms with E-state index in [1.807, 2.05) is 6.20 Å². The van der Waals surface area contributed by atoms with Crippen LogP contribution in [0.2, 0.25) is 0 Å². The second-order valence-corrected chi connectivity index (χ2v) is 5.82. The summed E-state index contributed by atoms with van der Waals surface area (Å²) in [6.07, 6.45) is 7.46. The molecule has 1 aromatic rings. The molecule has 2 nitrogen and oxygen atoms in total. The minimum Gasteiger partial charge on any atom is -0.366 e. The van der Waals surface area contributed by atoms with Crippen molar-refractivity contribution in [3.05, 3.63) is 24.0 Å². The Balaban J connectivity index is 1.99. The summed E-state index contributed by atoms with van der Waals surface area (Å²) in [5.41, 5.74) is 2.90. The minimum atomic E-state index is 0.221. The largest absolute Gasteiger partial charge is 0.366 e. The van der Waals surface area contributed by atoms with Crippen LogP contribution in [0.4, 0.5) is 5.69 Å². The number of pyridine rings is 1. The number of nitrogens with zero attached hydrogens (tertiary/aromatic N) is 2. The molecule has 3 rings (SSSR count). The maximum absolute atomic E-state index is 4.59. The average molecular weight is 216 g/mol. The molecule has 2 heteroatoms. The highest BCUT2D eigenvalue weighted by Gasteiger charge is 2.39. The predicted octanol–water partition coefficient (Wildman–Crippen LogP) is 3.12. The molecule has 0 atom stereocenters. The van der Waals surface area contributed by atoms with Gasteiger partial charge < -0.3 is 4.90 Å². The first kappa shape index (κ1) is 10.1. The molecule has 0 saturated heterocycles. The Morgan fingerprint density at radius 1 is 1.31 bits per heavy atom. The molecule has 0 bridgehead atoms. The Morgan fingerprint density at radius 3 is 2.81 bits per heavy atom. The van der Waals surface area contributed by atoms with Crippen LogP contribution in [0.1, 0.15) is 45.2 Å². The number of hydrogen-bond donors (Lipinski definition) is 0. The van der Waals surface area contributed by atoms with Gasteiger partial charge in [-0.2, -0.15) is 0 Å². The summed E-state index contributed by atoms with van der Waals surface area (Å²) in [5.74, 6) is 0. The van der Waals surface area contributed by atoms with Crippen LogP contribution in [0.15, 0.2) is 18.3 Å². The maximum atomic E-state index is 4.59. The number of hydrogen-bond acceptors (Lipinski definition) is 2. The van der Waals surface area contributed by atoms with Crippen molar-refractivity contribution < 1.29 is 0 Å². The van der Waals surface area contributed by atoms with Gasteiger partial charge in [0, 0.05) is 24.2 Å². The minimum absolute atomic E-state index is 0.221. The van der Waals surface area contributed by atoms with Gasteiger partial charge in [-0.15, -0.1) is 0 Å². The van der Waals surface area contributed by atoms with Gasteiger partial charge in [0.1, 0.15) is 0 Å². The Hall–Kier alpha value is -1.05. The first-order valence-electron chi connectivity index (χ1n) is 6.41. The summed E-state index contributed by atoms with van der Waals surface area (Å²) in [5, 5.41) is 0. The van der Waals surface area contributed by atoms with Gasteiger partial charge in [-0.1, -0.05) is 26.7 Å². The average Bonchev–Trinajstić information content (AvgIpc) is 2.86. The molecule has 1 aromatic heterocycles. The Kier molecular flexibility index (Phi) is 2.20. The van der Waals surface area contributed by atoms with Gasteiger partial charge in [0.05, 0.1) is 11.4 Å². The summed E-state index contributed by atoms with van der Waals surface area (Å²) < 4.78 is 0. The highest BCUT2D eigenvalue weighted by Crippen LogP contribution is 2.42. The second-order valence-electron chi connectivity index (χ2n) is 5.82. The first-order valence-corrected chi connectivity index (χ1v) is 6.41. The van der Waals surface area contributed by atoms with E-state index in [0.717, 1.165) is 12.6 Å². The van der Waals surface area contributed by atoms with Crippen molar-refractivity contribution in [1.82, 2.24) is 4.98 Å². The molecular weight excluding hydrogens is 196 g/mol. The monoisotopic (exact) mass is 216 g/mol. The molecule has 1 aliphatic heterocycles. The molecule has 1 aliphatic carbocycles. The van der Waals surface area contributed by atoms with Crippen molar-refractivity contribution in [2.24, 2.45) is 0 Å². The van der Waals surface area contributed by atoms with Gasteiger partial charge in [-0.25, -0.2) is 0 Å². The van der Waals surface area contributed by atoms with Crippen LogP contribution in [-0.2, 0) is 5.41 Å². The van der Waals surface area contributed by atoms with Crippen LogP contribution in [0, 0.1) is 0 Å². The molecule has 0 amide bonds. The van der Waals surface area contributed by atoms with Gasteiger partial charge in [-0.05, 0) is 25.0 Å². The van der Waals surface area contributed by atoms with Gasteiger partial charge in [-0.3, -0.25) is 4.98 Å². The zero-order valence-corrected chi connectivity index (χ0v) is 10.2. The third-order valence-corrected chi connectivity index (χ3v) is 4.07. The molecule has 0 aromatic carbocycles. The topological polar surface area (TPSA) is 16.1 Å². The SMILES string of the molecule is CC1(C)CN(C2CCCC2)c2cccnc21. The van der Waals surface area contributed by atoms with E-state index in [1.54, 1.807) is 0 Å². The fraction of sp³-hybridized carbons (Fsp3) is 0.643. The summed E-state index contributed by atoms with van der Waals surface area (Å²) in [6, 6.07) is 5.09. The Bertz CT molecular complexity index is 391. The van der Waals surface area contributed by atoms with Gasteiger partial charge in [0.15, 0.2) is 0 Å². The lowest BCUT2D eigenvalue weighted by molar-refractivity contribution is 0.505. The lowest BCUT2D eigenvalue weighted by atomic mass is 9.91. The van der Waals surface area contributed by atoms with Crippen LogP contribution in [0.3, 0.4) is 0 Å². The maximum Gasteiger partial charge on any atom is 0.0710 e. The standard InChI is InChI=1S/C14H20N2/c1-14(2)10-16(11-6-3-4-7-11)12-8-5-9-15-13(12)14/h5,8-9,11H,3-4,6-7,10H2,1-2H3. The quantitative estimate of drug-likeness (QED) is 0.717. The van der Waals surface area contributed by atoms with Crippen molar-refractivity contribution in [3.63, 3.8) is 0 Å². The van der Waals surface area contributed by atoms with E-state index < -0.39 is 0 Å². The van der Waals surface area contributed by atoms with E-state index >= 15 is 0 Å². The summed E-state index contributed by atoms with van der Waals surface area (Å²) in [6.45, 7) is 5.77. The fourth-order valence-corrected chi connectivity index (χ4v) is 3.28. The molecule has 2 heterocycles. The lowest BCUT2D eigenvalue weighted by Crippen LogP contribution is -2.35. The van der Waals surface area contributed by atoms with Crippen LogP contribution in [-0.4, -0.2) is 17.6 Å². The van der Waals surface area contributed by atoms with Crippen LogP contribution in [0.5, 0.6) is 0 Å². The summed E-state index contributed by atoms with van der Waals surface area (Å²) in [4.78, 5) is 7.20. The van der Waals surface area contributed by atoms with Crippen molar-refractivity contribution in [2.45, 2.75) is 51.0 Å². The molecule has 0 unspecified atom stereocenters. The number of rotatable bonds is 1. The van der Waals surface area contributed by atoms with Gasteiger partial charge in [0.25, 0.3) is 0 Å². The van der Waals surface area contributed by atoms with Gasteiger partial charge in [0.2, 0.25) is 0 Å². The molecule has 1 saturated carbocycles. The van der Waals surface area contributed by atoms with E-state index in [1.165, 1.54) is 37.1 Å². The zero-order valence-electron chi connectivity index (χ0n) is 10.2. The molecule has 86 valence electrons. The number of aromatic nitrogens is 1. The normalized spacial score (nSPS) is 23.8. The van der Waals surface area contributed by atoms with Gasteiger partial charge >= 0.3 is 0 Å². The molecule has 16 heavy (non-hydrogen) atoms. The third kappa shape index (κ3) is 1.43. The zero-order chi connectivity index (χ0) is 11.2. The van der Waals surface area contributed by atoms with E-state index in [-0.39, 0.29) is 5.41 Å². The molecule has 0 radical (unpaired) electrons. The molecule has 1 fully saturated rings. The van der Waals surface area contributed by atoms with Crippen LogP contribution in [0.25, 0.3) is 0 Å². The Labute approximate surface area is 97.7 Å². The number of anilines is 1. The molecule has 0 spiro atoms.